The second-order valence-electron chi connectivity index (χ2n) is 3.68. The van der Waals surface area contributed by atoms with Crippen LogP contribution in [0.1, 0.15) is 11.1 Å². The quantitative estimate of drug-likeness (QED) is 0.816. The maximum atomic E-state index is 11.4. The van der Waals surface area contributed by atoms with Gasteiger partial charge in [0.25, 0.3) is 0 Å². The second kappa shape index (κ2) is 6.28. The summed E-state index contributed by atoms with van der Waals surface area (Å²) in [6, 6.07) is 7.22. The zero-order valence-electron chi connectivity index (χ0n) is 9.80. The van der Waals surface area contributed by atoms with Crippen molar-refractivity contribution in [3.05, 3.63) is 29.3 Å². The zero-order valence-corrected chi connectivity index (χ0v) is 10.6. The summed E-state index contributed by atoms with van der Waals surface area (Å²) in [4.78, 5) is 13.7. The molecular weight excluding hydrogens is 236 g/mol. The van der Waals surface area contributed by atoms with Crippen LogP contribution in [0.15, 0.2) is 23.1 Å². The zero-order chi connectivity index (χ0) is 12.8. The third-order valence-corrected chi connectivity index (χ3v) is 3.26. The van der Waals surface area contributed by atoms with Crippen molar-refractivity contribution in [3.8, 4) is 6.07 Å². The summed E-state index contributed by atoms with van der Waals surface area (Å²) in [5.74, 6) is 0.310. The summed E-state index contributed by atoms with van der Waals surface area (Å²) >= 11 is 1.33. The van der Waals surface area contributed by atoms with E-state index in [0.717, 1.165) is 4.90 Å². The number of aliphatic hydroxyl groups excluding tert-OH is 1. The topological polar surface area (TPSA) is 64.3 Å². The van der Waals surface area contributed by atoms with Gasteiger partial charge >= 0.3 is 0 Å². The first kappa shape index (κ1) is 13.6. The summed E-state index contributed by atoms with van der Waals surface area (Å²) in [5, 5.41) is 17.9. The average Bonchev–Trinajstić information content (AvgIpc) is 2.35. The molecule has 90 valence electrons. The van der Waals surface area contributed by atoms with Crippen molar-refractivity contribution in [2.24, 2.45) is 0 Å². The Bertz CT molecular complexity index is 452. The number of amides is 1. The van der Waals surface area contributed by atoms with E-state index < -0.39 is 0 Å². The summed E-state index contributed by atoms with van der Waals surface area (Å²) in [6.45, 7) is -0.0870. The molecule has 1 amide bonds. The van der Waals surface area contributed by atoms with Crippen LogP contribution in [0.3, 0.4) is 0 Å². The lowest BCUT2D eigenvalue weighted by molar-refractivity contribution is -0.125. The van der Waals surface area contributed by atoms with Crippen molar-refractivity contribution in [2.75, 3.05) is 19.8 Å². The van der Waals surface area contributed by atoms with E-state index in [2.05, 4.69) is 6.07 Å². The van der Waals surface area contributed by atoms with Gasteiger partial charge in [-0.05, 0) is 17.7 Å². The average molecular weight is 250 g/mol. The van der Waals surface area contributed by atoms with E-state index in [1.165, 1.54) is 16.7 Å². The highest BCUT2D eigenvalue weighted by molar-refractivity contribution is 8.00. The molecule has 17 heavy (non-hydrogen) atoms. The van der Waals surface area contributed by atoms with Crippen molar-refractivity contribution >= 4 is 17.7 Å². The maximum Gasteiger partial charge on any atom is 0.232 e. The molecule has 0 aromatic heterocycles. The number of rotatable bonds is 4. The Morgan fingerprint density at radius 2 is 2.24 bits per heavy atom. The number of carbonyl (C=O) groups excluding carboxylic acids is 1. The third kappa shape index (κ3) is 3.77. The number of hydrogen-bond acceptors (Lipinski definition) is 4. The van der Waals surface area contributed by atoms with E-state index in [0.29, 0.717) is 16.9 Å². The van der Waals surface area contributed by atoms with Crippen molar-refractivity contribution in [2.45, 2.75) is 11.5 Å². The van der Waals surface area contributed by atoms with Crippen LogP contribution >= 0.6 is 11.8 Å². The Balaban J connectivity index is 2.78. The summed E-state index contributed by atoms with van der Waals surface area (Å²) in [7, 11) is 3.39. The molecule has 4 nitrogen and oxygen atoms in total. The van der Waals surface area contributed by atoms with Gasteiger partial charge in [0.2, 0.25) is 5.91 Å². The Kier molecular flexibility index (Phi) is 5.01. The van der Waals surface area contributed by atoms with Crippen molar-refractivity contribution < 1.29 is 9.90 Å². The molecular formula is C12H14N2O2S. The molecule has 0 spiro atoms. The lowest BCUT2D eigenvalue weighted by atomic mass is 10.1. The fraction of sp³-hybridized carbons (Fsp3) is 0.333. The normalized spacial score (nSPS) is 9.76. The molecule has 0 saturated heterocycles. The minimum absolute atomic E-state index is 0.00474. The molecule has 0 atom stereocenters. The first-order chi connectivity index (χ1) is 8.08. The Morgan fingerprint density at radius 1 is 1.53 bits per heavy atom. The molecule has 5 heteroatoms. The molecule has 1 aromatic rings. The molecule has 0 heterocycles. The van der Waals surface area contributed by atoms with Gasteiger partial charge in [-0.2, -0.15) is 5.26 Å². The monoisotopic (exact) mass is 250 g/mol. The number of carbonyl (C=O) groups is 1. The highest BCUT2D eigenvalue weighted by Gasteiger charge is 2.08. The highest BCUT2D eigenvalue weighted by Crippen LogP contribution is 2.23. The van der Waals surface area contributed by atoms with Gasteiger partial charge in [-0.3, -0.25) is 4.79 Å². The first-order valence-corrected chi connectivity index (χ1v) is 6.04. The largest absolute Gasteiger partial charge is 0.392 e. The standard InChI is InChI=1S/C12H14N2O2S/c1-14(2)12(16)8-17-11-4-3-9(7-15)5-10(11)6-13/h3-5,15H,7-8H2,1-2H3. The van der Waals surface area contributed by atoms with Crippen LogP contribution in [0.5, 0.6) is 0 Å². The number of thioether (sulfide) groups is 1. The lowest BCUT2D eigenvalue weighted by Gasteiger charge is -2.10. The predicted molar refractivity (Wildman–Crippen MR) is 66.5 cm³/mol. The molecule has 0 unspecified atom stereocenters. The molecule has 0 aliphatic carbocycles. The minimum Gasteiger partial charge on any atom is -0.392 e. The van der Waals surface area contributed by atoms with Gasteiger partial charge in [-0.25, -0.2) is 0 Å². The van der Waals surface area contributed by atoms with Crippen molar-refractivity contribution in [1.29, 1.82) is 5.26 Å². The van der Waals surface area contributed by atoms with Crippen LogP contribution in [0.25, 0.3) is 0 Å². The van der Waals surface area contributed by atoms with Crippen molar-refractivity contribution in [1.82, 2.24) is 4.90 Å². The Morgan fingerprint density at radius 3 is 2.76 bits per heavy atom. The van der Waals surface area contributed by atoms with Crippen LogP contribution < -0.4 is 0 Å². The summed E-state index contributed by atoms with van der Waals surface area (Å²) in [6.07, 6.45) is 0. The predicted octanol–water partition coefficient (Wildman–Crippen LogP) is 1.23. The van der Waals surface area contributed by atoms with Gasteiger partial charge in [0.1, 0.15) is 6.07 Å². The molecule has 0 aliphatic heterocycles. The third-order valence-electron chi connectivity index (χ3n) is 2.20. The molecule has 1 aromatic carbocycles. The fourth-order valence-corrected chi connectivity index (χ4v) is 2.12. The van der Waals surface area contributed by atoms with E-state index >= 15 is 0 Å². The van der Waals surface area contributed by atoms with Gasteiger partial charge in [0.15, 0.2) is 0 Å². The minimum atomic E-state index is -0.0870. The fourth-order valence-electron chi connectivity index (χ4n) is 1.16. The number of hydrogen-bond donors (Lipinski definition) is 1. The van der Waals surface area contributed by atoms with Crippen LogP contribution in [-0.4, -0.2) is 35.8 Å². The summed E-state index contributed by atoms with van der Waals surface area (Å²) < 4.78 is 0. The molecule has 0 radical (unpaired) electrons. The van der Waals surface area contributed by atoms with Gasteiger partial charge in [0, 0.05) is 19.0 Å². The van der Waals surface area contributed by atoms with Gasteiger partial charge in [-0.15, -0.1) is 11.8 Å². The molecule has 0 saturated carbocycles. The van der Waals surface area contributed by atoms with Crippen LogP contribution in [-0.2, 0) is 11.4 Å². The van der Waals surface area contributed by atoms with E-state index in [4.69, 9.17) is 10.4 Å². The van der Waals surface area contributed by atoms with Crippen molar-refractivity contribution in [3.63, 3.8) is 0 Å². The maximum absolute atomic E-state index is 11.4. The number of benzene rings is 1. The number of aliphatic hydroxyl groups is 1. The SMILES string of the molecule is CN(C)C(=O)CSc1ccc(CO)cc1C#N. The van der Waals surface area contributed by atoms with E-state index in [1.807, 2.05) is 0 Å². The number of nitriles is 1. The smallest absolute Gasteiger partial charge is 0.232 e. The number of nitrogens with zero attached hydrogens (tertiary/aromatic N) is 2. The molecule has 1 rings (SSSR count). The molecule has 1 N–H and O–H groups in total. The van der Waals surface area contributed by atoms with Crippen LogP contribution in [0.4, 0.5) is 0 Å². The van der Waals surface area contributed by atoms with E-state index in [-0.39, 0.29) is 12.5 Å². The van der Waals surface area contributed by atoms with E-state index in [9.17, 15) is 4.79 Å². The van der Waals surface area contributed by atoms with Gasteiger partial charge in [0.05, 0.1) is 17.9 Å². The Labute approximate surface area is 105 Å². The first-order valence-electron chi connectivity index (χ1n) is 5.05. The highest BCUT2D eigenvalue weighted by atomic mass is 32.2. The molecule has 0 fully saturated rings. The Hall–Kier alpha value is -1.51. The van der Waals surface area contributed by atoms with Crippen LogP contribution in [0, 0.1) is 11.3 Å². The van der Waals surface area contributed by atoms with Crippen LogP contribution in [0.2, 0.25) is 0 Å². The van der Waals surface area contributed by atoms with Gasteiger partial charge < -0.3 is 10.0 Å². The molecule has 0 bridgehead atoms. The van der Waals surface area contributed by atoms with E-state index in [1.54, 1.807) is 32.3 Å². The molecule has 0 aliphatic rings. The second-order valence-corrected chi connectivity index (χ2v) is 4.69. The summed E-state index contributed by atoms with van der Waals surface area (Å²) in [5.41, 5.74) is 1.19. The lowest BCUT2D eigenvalue weighted by Crippen LogP contribution is -2.23. The van der Waals surface area contributed by atoms with Gasteiger partial charge in [-0.1, -0.05) is 6.07 Å².